The summed E-state index contributed by atoms with van der Waals surface area (Å²) in [6.45, 7) is 1.97. The third-order valence-corrected chi connectivity index (χ3v) is 4.43. The van der Waals surface area contributed by atoms with Crippen LogP contribution in [0.4, 0.5) is 5.69 Å². The minimum atomic E-state index is 0.843. The molecule has 0 radical (unpaired) electrons. The molecule has 1 N–H and O–H groups in total. The van der Waals surface area contributed by atoms with Gasteiger partial charge in [0, 0.05) is 24.6 Å². The summed E-state index contributed by atoms with van der Waals surface area (Å²) in [6.07, 6.45) is 12.3. The number of hydrogen-bond acceptors (Lipinski definition) is 2. The van der Waals surface area contributed by atoms with Crippen LogP contribution in [0, 0.1) is 5.92 Å². The van der Waals surface area contributed by atoms with E-state index in [0.717, 1.165) is 19.0 Å². The Hall–Kier alpha value is -1.77. The van der Waals surface area contributed by atoms with Gasteiger partial charge in [-0.2, -0.15) is 5.10 Å². The molecule has 3 heteroatoms. The molecule has 0 atom stereocenters. The highest BCUT2D eigenvalue weighted by Gasteiger charge is 2.11. The van der Waals surface area contributed by atoms with E-state index in [2.05, 4.69) is 34.7 Å². The molecule has 0 saturated heterocycles. The van der Waals surface area contributed by atoms with Gasteiger partial charge in [-0.05, 0) is 42.5 Å². The van der Waals surface area contributed by atoms with Gasteiger partial charge >= 0.3 is 0 Å². The summed E-state index contributed by atoms with van der Waals surface area (Å²) in [6, 6.07) is 10.7. The largest absolute Gasteiger partial charge is 0.385 e. The van der Waals surface area contributed by atoms with Crippen LogP contribution in [0.2, 0.25) is 0 Å². The fraction of sp³-hybridized carbons (Fsp3) is 0.500. The van der Waals surface area contributed by atoms with Crippen LogP contribution in [0.3, 0.4) is 0 Å². The first-order valence-electron chi connectivity index (χ1n) is 8.20. The maximum Gasteiger partial charge on any atom is 0.0659 e. The third kappa shape index (κ3) is 4.35. The first-order valence-corrected chi connectivity index (χ1v) is 8.20. The molecule has 1 aromatic heterocycles. The number of benzene rings is 1. The third-order valence-electron chi connectivity index (χ3n) is 4.43. The minimum Gasteiger partial charge on any atom is -0.385 e. The van der Waals surface area contributed by atoms with Gasteiger partial charge in [0.2, 0.25) is 0 Å². The first kappa shape index (κ1) is 14.2. The van der Waals surface area contributed by atoms with Crippen molar-refractivity contribution in [2.45, 2.75) is 45.1 Å². The predicted molar refractivity (Wildman–Crippen MR) is 87.5 cm³/mol. The van der Waals surface area contributed by atoms with Crippen molar-refractivity contribution in [2.24, 2.45) is 5.92 Å². The molecule has 21 heavy (non-hydrogen) atoms. The Balaban J connectivity index is 1.49. The molecule has 0 amide bonds. The zero-order valence-corrected chi connectivity index (χ0v) is 12.7. The number of hydrogen-bond donors (Lipinski definition) is 1. The average Bonchev–Trinajstić information content (AvgIpc) is 2.88. The number of nitrogens with zero attached hydrogens (tertiary/aromatic N) is 2. The molecule has 1 fully saturated rings. The molecule has 1 saturated carbocycles. The minimum absolute atomic E-state index is 0.843. The molecule has 0 spiro atoms. The lowest BCUT2D eigenvalue weighted by Crippen LogP contribution is -2.13. The van der Waals surface area contributed by atoms with E-state index in [-0.39, 0.29) is 0 Å². The lowest BCUT2D eigenvalue weighted by atomic mass is 10.0. The molecule has 1 aromatic carbocycles. The van der Waals surface area contributed by atoms with E-state index in [1.165, 1.54) is 49.8 Å². The van der Waals surface area contributed by atoms with Crippen LogP contribution in [-0.4, -0.2) is 16.3 Å². The van der Waals surface area contributed by atoms with Crippen molar-refractivity contribution in [3.05, 3.63) is 48.3 Å². The standard InChI is InChI=1S/C18H25N3/c1-2-4-7-16(6-3-1)14-19-18-10-8-17(9-11-18)15-21-13-5-12-20-21/h5,8-13,16,19H,1-4,6-7,14-15H2. The van der Waals surface area contributed by atoms with E-state index < -0.39 is 0 Å². The van der Waals surface area contributed by atoms with Crippen molar-refractivity contribution >= 4 is 5.69 Å². The Morgan fingerprint density at radius 1 is 1.05 bits per heavy atom. The zero-order valence-electron chi connectivity index (χ0n) is 12.7. The lowest BCUT2D eigenvalue weighted by molar-refractivity contribution is 0.483. The van der Waals surface area contributed by atoms with Gasteiger partial charge in [-0.25, -0.2) is 0 Å². The lowest BCUT2D eigenvalue weighted by Gasteiger charge is -2.16. The molecule has 0 aliphatic heterocycles. The molecular weight excluding hydrogens is 258 g/mol. The molecule has 2 aromatic rings. The van der Waals surface area contributed by atoms with Gasteiger partial charge in [0.1, 0.15) is 0 Å². The van der Waals surface area contributed by atoms with Gasteiger partial charge in [-0.15, -0.1) is 0 Å². The molecule has 1 aliphatic carbocycles. The van der Waals surface area contributed by atoms with Crippen LogP contribution in [-0.2, 0) is 6.54 Å². The first-order chi connectivity index (χ1) is 10.4. The molecule has 1 aliphatic rings. The Morgan fingerprint density at radius 2 is 1.81 bits per heavy atom. The van der Waals surface area contributed by atoms with E-state index in [4.69, 9.17) is 0 Å². The van der Waals surface area contributed by atoms with Crippen LogP contribution in [0.25, 0.3) is 0 Å². The van der Waals surface area contributed by atoms with Gasteiger partial charge in [0.15, 0.2) is 0 Å². The number of anilines is 1. The molecule has 1 heterocycles. The normalized spacial score (nSPS) is 16.6. The maximum absolute atomic E-state index is 4.24. The van der Waals surface area contributed by atoms with Gasteiger partial charge in [-0.1, -0.05) is 37.8 Å². The highest BCUT2D eigenvalue weighted by atomic mass is 15.3. The Kier molecular flexibility index (Phi) is 4.93. The van der Waals surface area contributed by atoms with E-state index >= 15 is 0 Å². The number of rotatable bonds is 5. The zero-order chi connectivity index (χ0) is 14.3. The van der Waals surface area contributed by atoms with E-state index in [1.807, 2.05) is 23.1 Å². The molecule has 112 valence electrons. The molecular formula is C18H25N3. The Morgan fingerprint density at radius 3 is 2.48 bits per heavy atom. The van der Waals surface area contributed by atoms with Crippen molar-refractivity contribution in [2.75, 3.05) is 11.9 Å². The van der Waals surface area contributed by atoms with Gasteiger partial charge in [0.25, 0.3) is 0 Å². The van der Waals surface area contributed by atoms with Crippen LogP contribution in [0.5, 0.6) is 0 Å². The van der Waals surface area contributed by atoms with Crippen LogP contribution < -0.4 is 5.32 Å². The van der Waals surface area contributed by atoms with Crippen molar-refractivity contribution < 1.29 is 0 Å². The maximum atomic E-state index is 4.24. The summed E-state index contributed by atoms with van der Waals surface area (Å²) in [5.41, 5.74) is 2.53. The SMILES string of the molecule is c1cnn(Cc2ccc(NCC3CCCCCC3)cc2)c1. The average molecular weight is 283 g/mol. The van der Waals surface area contributed by atoms with Crippen LogP contribution in [0.1, 0.15) is 44.1 Å². The van der Waals surface area contributed by atoms with Crippen molar-refractivity contribution in [3.63, 3.8) is 0 Å². The van der Waals surface area contributed by atoms with Crippen LogP contribution in [0.15, 0.2) is 42.7 Å². The summed E-state index contributed by atoms with van der Waals surface area (Å²) < 4.78 is 1.95. The highest BCUT2D eigenvalue weighted by Crippen LogP contribution is 2.23. The summed E-state index contributed by atoms with van der Waals surface area (Å²) in [4.78, 5) is 0. The van der Waals surface area contributed by atoms with E-state index in [9.17, 15) is 0 Å². The smallest absolute Gasteiger partial charge is 0.0659 e. The van der Waals surface area contributed by atoms with Gasteiger partial charge in [-0.3, -0.25) is 4.68 Å². The van der Waals surface area contributed by atoms with Crippen molar-refractivity contribution in [1.29, 1.82) is 0 Å². The van der Waals surface area contributed by atoms with Gasteiger partial charge < -0.3 is 5.32 Å². The highest BCUT2D eigenvalue weighted by molar-refractivity contribution is 5.44. The Labute approximate surface area is 127 Å². The summed E-state index contributed by atoms with van der Waals surface area (Å²) in [5, 5.41) is 7.85. The summed E-state index contributed by atoms with van der Waals surface area (Å²) in [5.74, 6) is 0.858. The van der Waals surface area contributed by atoms with Crippen molar-refractivity contribution in [3.8, 4) is 0 Å². The molecule has 3 nitrogen and oxygen atoms in total. The quantitative estimate of drug-likeness (QED) is 0.828. The molecule has 0 bridgehead atoms. The van der Waals surface area contributed by atoms with Crippen LogP contribution >= 0.6 is 0 Å². The monoisotopic (exact) mass is 283 g/mol. The van der Waals surface area contributed by atoms with Crippen molar-refractivity contribution in [1.82, 2.24) is 9.78 Å². The Bertz CT molecular complexity index is 508. The predicted octanol–water partition coefficient (Wildman–Crippen LogP) is 4.31. The number of aromatic nitrogens is 2. The number of nitrogens with one attached hydrogen (secondary N) is 1. The van der Waals surface area contributed by atoms with E-state index in [0.29, 0.717) is 0 Å². The fourth-order valence-corrected chi connectivity index (χ4v) is 3.14. The summed E-state index contributed by atoms with van der Waals surface area (Å²) in [7, 11) is 0. The second-order valence-electron chi connectivity index (χ2n) is 6.14. The summed E-state index contributed by atoms with van der Waals surface area (Å²) >= 11 is 0. The molecule has 0 unspecified atom stereocenters. The topological polar surface area (TPSA) is 29.9 Å². The fourth-order valence-electron chi connectivity index (χ4n) is 3.14. The second kappa shape index (κ2) is 7.30. The molecule has 3 rings (SSSR count). The van der Waals surface area contributed by atoms with Gasteiger partial charge in [0.05, 0.1) is 6.54 Å². The second-order valence-corrected chi connectivity index (χ2v) is 6.14. The van der Waals surface area contributed by atoms with E-state index in [1.54, 1.807) is 0 Å².